The van der Waals surface area contributed by atoms with Crippen molar-refractivity contribution in [3.8, 4) is 0 Å². The van der Waals surface area contributed by atoms with Gasteiger partial charge in [0.15, 0.2) is 5.79 Å². The van der Waals surface area contributed by atoms with Crippen LogP contribution in [-0.4, -0.2) is 30.9 Å². The molecule has 3 rings (SSSR count). The van der Waals surface area contributed by atoms with Crippen LogP contribution in [0, 0.1) is 0 Å². The van der Waals surface area contributed by atoms with Gasteiger partial charge in [0.25, 0.3) is 0 Å². The summed E-state index contributed by atoms with van der Waals surface area (Å²) in [5.74, 6) is -0.820. The summed E-state index contributed by atoms with van der Waals surface area (Å²) >= 11 is 0. The van der Waals surface area contributed by atoms with E-state index in [1.807, 2.05) is 0 Å². The number of aliphatic hydroxyl groups excluding tert-OH is 1. The van der Waals surface area contributed by atoms with Crippen LogP contribution in [0.5, 0.6) is 0 Å². The first-order chi connectivity index (χ1) is 5.77. The fourth-order valence-corrected chi connectivity index (χ4v) is 1.53. The Morgan fingerprint density at radius 2 is 2.33 bits per heavy atom. The summed E-state index contributed by atoms with van der Waals surface area (Å²) in [4.78, 5) is 0. The topological polar surface area (TPSA) is 47.9 Å². The van der Waals surface area contributed by atoms with Crippen molar-refractivity contribution < 1.29 is 19.1 Å². The number of unbranched alkanes of at least 4 members (excludes halogenated alkanes) is 1. The van der Waals surface area contributed by atoms with Crippen LogP contribution in [0.25, 0.3) is 0 Å². The van der Waals surface area contributed by atoms with Gasteiger partial charge in [-0.15, -0.1) is 0 Å². The molecule has 3 saturated heterocycles. The standard InChI is InChI=1S/C7H13BO4/c1-2-3-4-6(9)7-5-10-8(11-7)12-7/h6,9H,2-5H2,1H3. The average Bonchev–Trinajstić information content (AvgIpc) is 2.56. The van der Waals surface area contributed by atoms with Crippen molar-refractivity contribution in [3.63, 3.8) is 0 Å². The second-order valence-corrected chi connectivity index (χ2v) is 3.31. The molecule has 4 nitrogen and oxygen atoms in total. The van der Waals surface area contributed by atoms with Gasteiger partial charge in [-0.1, -0.05) is 19.8 Å². The highest BCUT2D eigenvalue weighted by Crippen LogP contribution is 2.39. The van der Waals surface area contributed by atoms with Crippen LogP contribution in [0.2, 0.25) is 0 Å². The molecule has 2 bridgehead atoms. The zero-order valence-corrected chi connectivity index (χ0v) is 7.16. The molecule has 1 N–H and O–H groups in total. The molecule has 0 aromatic carbocycles. The first-order valence-electron chi connectivity index (χ1n) is 4.42. The molecule has 3 aliphatic rings. The zero-order chi connectivity index (χ0) is 8.60. The average molecular weight is 172 g/mol. The van der Waals surface area contributed by atoms with Crippen LogP contribution < -0.4 is 0 Å². The normalized spacial score (nSPS) is 27.0. The molecule has 5 heteroatoms. The fourth-order valence-electron chi connectivity index (χ4n) is 1.53. The highest BCUT2D eigenvalue weighted by molar-refractivity contribution is 6.40. The van der Waals surface area contributed by atoms with Gasteiger partial charge in [-0.05, 0) is 6.42 Å². The Hall–Kier alpha value is -0.0951. The Labute approximate surface area is 72.0 Å². The smallest absolute Gasteiger partial charge is 0.388 e. The summed E-state index contributed by atoms with van der Waals surface area (Å²) in [5.41, 5.74) is 0. The van der Waals surface area contributed by atoms with E-state index < -0.39 is 19.2 Å². The zero-order valence-electron chi connectivity index (χ0n) is 7.16. The van der Waals surface area contributed by atoms with Crippen molar-refractivity contribution in [3.05, 3.63) is 0 Å². The third kappa shape index (κ3) is 1.17. The van der Waals surface area contributed by atoms with Crippen molar-refractivity contribution >= 4 is 7.32 Å². The molecule has 0 radical (unpaired) electrons. The van der Waals surface area contributed by atoms with Crippen LogP contribution in [-0.2, 0) is 14.0 Å². The molecule has 0 saturated carbocycles. The molecule has 0 spiro atoms. The maximum absolute atomic E-state index is 9.65. The van der Waals surface area contributed by atoms with Crippen LogP contribution >= 0.6 is 0 Å². The minimum absolute atomic E-state index is 0.364. The van der Waals surface area contributed by atoms with Crippen molar-refractivity contribution in [1.82, 2.24) is 0 Å². The summed E-state index contributed by atoms with van der Waals surface area (Å²) in [6.45, 7) is 2.45. The van der Waals surface area contributed by atoms with Gasteiger partial charge in [0, 0.05) is 0 Å². The molecular formula is C7H13BO4. The predicted molar refractivity (Wildman–Crippen MR) is 42.1 cm³/mol. The van der Waals surface area contributed by atoms with Gasteiger partial charge in [-0.2, -0.15) is 0 Å². The Kier molecular flexibility index (Phi) is 2.12. The van der Waals surface area contributed by atoms with Crippen LogP contribution in [0.4, 0.5) is 0 Å². The van der Waals surface area contributed by atoms with Crippen LogP contribution in [0.15, 0.2) is 0 Å². The van der Waals surface area contributed by atoms with Gasteiger partial charge in [0.05, 0.1) is 6.61 Å². The van der Waals surface area contributed by atoms with E-state index in [0.717, 1.165) is 12.8 Å². The van der Waals surface area contributed by atoms with Crippen molar-refractivity contribution in [2.45, 2.75) is 38.1 Å². The lowest BCUT2D eigenvalue weighted by atomic mass is 10.00. The van der Waals surface area contributed by atoms with Gasteiger partial charge in [-0.3, -0.25) is 0 Å². The van der Waals surface area contributed by atoms with E-state index in [4.69, 9.17) is 14.0 Å². The molecule has 1 atom stereocenters. The maximum Gasteiger partial charge on any atom is 0.644 e. The van der Waals surface area contributed by atoms with Crippen molar-refractivity contribution in [2.75, 3.05) is 6.61 Å². The Morgan fingerprint density at radius 3 is 2.83 bits per heavy atom. The third-order valence-corrected chi connectivity index (χ3v) is 2.35. The van der Waals surface area contributed by atoms with Gasteiger partial charge in [0.2, 0.25) is 0 Å². The van der Waals surface area contributed by atoms with Crippen molar-refractivity contribution in [2.24, 2.45) is 0 Å². The second-order valence-electron chi connectivity index (χ2n) is 3.31. The molecule has 3 aliphatic heterocycles. The molecule has 3 fully saturated rings. The SMILES string of the molecule is CCCCC(O)C12COB(O1)O2. The Balaban J connectivity index is 1.83. The first kappa shape index (κ1) is 8.50. The number of hydrogen-bond donors (Lipinski definition) is 1. The summed E-state index contributed by atoms with van der Waals surface area (Å²) in [6.07, 6.45) is 2.22. The van der Waals surface area contributed by atoms with Gasteiger partial charge >= 0.3 is 7.32 Å². The number of fused-ring (bicyclic) bond motifs is 1. The maximum atomic E-state index is 9.65. The molecule has 0 aromatic rings. The summed E-state index contributed by atoms with van der Waals surface area (Å²) in [5, 5.41) is 9.65. The monoisotopic (exact) mass is 172 g/mol. The number of hydrogen-bond acceptors (Lipinski definition) is 4. The molecule has 1 unspecified atom stereocenters. The molecule has 0 aromatic heterocycles. The highest BCUT2D eigenvalue weighted by atomic mass is 16.9. The minimum Gasteiger partial charge on any atom is -0.388 e. The Bertz CT molecular complexity index is 163. The molecular weight excluding hydrogens is 159 g/mol. The fraction of sp³-hybridized carbons (Fsp3) is 1.00. The third-order valence-electron chi connectivity index (χ3n) is 2.35. The van der Waals surface area contributed by atoms with E-state index in [-0.39, 0.29) is 0 Å². The lowest BCUT2D eigenvalue weighted by Crippen LogP contribution is -2.57. The molecule has 12 heavy (non-hydrogen) atoms. The van der Waals surface area contributed by atoms with Crippen LogP contribution in [0.3, 0.4) is 0 Å². The quantitative estimate of drug-likeness (QED) is 0.619. The second kappa shape index (κ2) is 2.99. The van der Waals surface area contributed by atoms with Crippen molar-refractivity contribution in [1.29, 1.82) is 0 Å². The van der Waals surface area contributed by atoms with E-state index in [0.29, 0.717) is 13.0 Å². The van der Waals surface area contributed by atoms with Gasteiger partial charge in [0.1, 0.15) is 6.10 Å². The lowest BCUT2D eigenvalue weighted by Gasteiger charge is -2.38. The van der Waals surface area contributed by atoms with Gasteiger partial charge < -0.3 is 19.1 Å². The summed E-state index contributed by atoms with van der Waals surface area (Å²) in [7, 11) is -0.513. The largest absolute Gasteiger partial charge is 0.644 e. The Morgan fingerprint density at radius 1 is 1.58 bits per heavy atom. The molecule has 68 valence electrons. The van der Waals surface area contributed by atoms with E-state index in [1.54, 1.807) is 0 Å². The van der Waals surface area contributed by atoms with E-state index in [9.17, 15) is 5.11 Å². The molecule has 0 aliphatic carbocycles. The summed E-state index contributed by atoms with van der Waals surface area (Å²) in [6, 6.07) is 0. The van der Waals surface area contributed by atoms with E-state index in [1.165, 1.54) is 0 Å². The lowest BCUT2D eigenvalue weighted by molar-refractivity contribution is -0.240. The number of aliphatic hydroxyl groups is 1. The van der Waals surface area contributed by atoms with E-state index in [2.05, 4.69) is 6.92 Å². The predicted octanol–water partition coefficient (Wildman–Crippen LogP) is 0.296. The first-order valence-corrected chi connectivity index (χ1v) is 4.42. The summed E-state index contributed by atoms with van der Waals surface area (Å²) < 4.78 is 15.4. The van der Waals surface area contributed by atoms with Crippen LogP contribution in [0.1, 0.15) is 26.2 Å². The molecule has 3 heterocycles. The van der Waals surface area contributed by atoms with E-state index >= 15 is 0 Å². The van der Waals surface area contributed by atoms with Gasteiger partial charge in [-0.25, -0.2) is 0 Å². The number of rotatable bonds is 4. The minimum atomic E-state index is -0.820. The molecule has 0 amide bonds. The highest BCUT2D eigenvalue weighted by Gasteiger charge is 2.63.